The van der Waals surface area contributed by atoms with E-state index in [0.29, 0.717) is 30.4 Å². The van der Waals surface area contributed by atoms with E-state index in [4.69, 9.17) is 4.74 Å². The van der Waals surface area contributed by atoms with E-state index in [0.717, 1.165) is 11.1 Å². The third-order valence-corrected chi connectivity index (χ3v) is 4.07. The summed E-state index contributed by atoms with van der Waals surface area (Å²) in [4.78, 5) is 17.4. The minimum atomic E-state index is -1.04. The second-order valence-electron chi connectivity index (χ2n) is 5.97. The molecule has 1 aliphatic heterocycles. The molecule has 3 rings (SSSR count). The van der Waals surface area contributed by atoms with Crippen LogP contribution in [-0.4, -0.2) is 35.4 Å². The first-order chi connectivity index (χ1) is 12.0. The number of benzene rings is 1. The van der Waals surface area contributed by atoms with Crippen molar-refractivity contribution in [2.24, 2.45) is 0 Å². The fraction of sp³-hybridized carbons (Fsp3) is 0.333. The first kappa shape index (κ1) is 17.0. The maximum atomic E-state index is 13.1. The van der Waals surface area contributed by atoms with Crippen molar-refractivity contribution in [3.05, 3.63) is 47.3 Å². The normalized spacial score (nSPS) is 16.1. The summed E-state index contributed by atoms with van der Waals surface area (Å²) in [6.07, 6.45) is -0.534. The highest BCUT2D eigenvalue weighted by Crippen LogP contribution is 2.36. The minimum Gasteiger partial charge on any atom is -0.474 e. The highest BCUT2D eigenvalue weighted by Gasteiger charge is 2.31. The predicted molar refractivity (Wildman–Crippen MR) is 93.1 cm³/mol. The van der Waals surface area contributed by atoms with Crippen LogP contribution >= 0.6 is 0 Å². The number of hydrogen-bond acceptors (Lipinski definition) is 4. The van der Waals surface area contributed by atoms with Gasteiger partial charge in [-0.1, -0.05) is 12.1 Å². The van der Waals surface area contributed by atoms with E-state index in [-0.39, 0.29) is 18.5 Å². The minimum absolute atomic E-state index is 0.259. The van der Waals surface area contributed by atoms with Crippen LogP contribution in [0.25, 0.3) is 0 Å². The smallest absolute Gasteiger partial charge is 0.412 e. The lowest BCUT2D eigenvalue weighted by Gasteiger charge is -2.33. The maximum Gasteiger partial charge on any atom is 0.412 e. The zero-order valence-corrected chi connectivity index (χ0v) is 14.1. The average Bonchev–Trinajstić information content (AvgIpc) is 2.57. The number of rotatable bonds is 4. The molecule has 132 valence electrons. The van der Waals surface area contributed by atoms with Crippen molar-refractivity contribution in [3.63, 3.8) is 0 Å². The molecule has 25 heavy (non-hydrogen) atoms. The van der Waals surface area contributed by atoms with Gasteiger partial charge in [-0.2, -0.15) is 4.98 Å². The first-order valence-corrected chi connectivity index (χ1v) is 8.16. The number of halogens is 1. The molecular weight excluding hydrogens is 325 g/mol. The Morgan fingerprint density at radius 3 is 2.80 bits per heavy atom. The number of anilines is 2. The summed E-state index contributed by atoms with van der Waals surface area (Å²) in [6, 6.07) is 7.71. The van der Waals surface area contributed by atoms with Gasteiger partial charge in [0.15, 0.2) is 0 Å². The lowest BCUT2D eigenvalue weighted by molar-refractivity contribution is 0.188. The van der Waals surface area contributed by atoms with Crippen LogP contribution in [0.1, 0.15) is 25.0 Å². The van der Waals surface area contributed by atoms with Crippen LogP contribution < -0.4 is 15.0 Å². The van der Waals surface area contributed by atoms with E-state index in [1.165, 1.54) is 17.0 Å². The number of ether oxygens (including phenoxy) is 1. The standard InChI is InChI=1S/C18H20FN3O3/c1-3-20-16-13(8-12-4-6-14(19)7-5-12)9-15-17(21-16)25-10-11(2)22(15)18(23)24/h4-7,9,11H,3,8,10H2,1-2H3,(H,20,21)(H,23,24). The van der Waals surface area contributed by atoms with Gasteiger partial charge in [-0.15, -0.1) is 0 Å². The van der Waals surface area contributed by atoms with Gasteiger partial charge >= 0.3 is 6.09 Å². The van der Waals surface area contributed by atoms with E-state index < -0.39 is 6.09 Å². The number of hydrogen-bond donors (Lipinski definition) is 2. The Morgan fingerprint density at radius 2 is 2.16 bits per heavy atom. The van der Waals surface area contributed by atoms with Crippen LogP contribution in [0.5, 0.6) is 5.88 Å². The Morgan fingerprint density at radius 1 is 1.44 bits per heavy atom. The molecule has 1 unspecified atom stereocenters. The SMILES string of the molecule is CCNc1nc2c(cc1Cc1ccc(F)cc1)N(C(=O)O)C(C)CO2. The van der Waals surface area contributed by atoms with Crippen molar-refractivity contribution in [1.82, 2.24) is 4.98 Å². The summed E-state index contributed by atoms with van der Waals surface area (Å²) in [5, 5.41) is 12.7. The van der Waals surface area contributed by atoms with Gasteiger partial charge in [0.1, 0.15) is 23.9 Å². The summed E-state index contributed by atoms with van der Waals surface area (Å²) in [5.74, 6) is 0.656. The summed E-state index contributed by atoms with van der Waals surface area (Å²) >= 11 is 0. The van der Waals surface area contributed by atoms with Crippen molar-refractivity contribution in [2.45, 2.75) is 26.3 Å². The Labute approximate surface area is 145 Å². The van der Waals surface area contributed by atoms with Gasteiger partial charge in [0, 0.05) is 18.5 Å². The molecule has 0 aliphatic carbocycles. The number of amides is 1. The van der Waals surface area contributed by atoms with Crippen molar-refractivity contribution in [1.29, 1.82) is 0 Å². The molecule has 7 heteroatoms. The fourth-order valence-electron chi connectivity index (χ4n) is 2.89. The topological polar surface area (TPSA) is 74.7 Å². The van der Waals surface area contributed by atoms with E-state index >= 15 is 0 Å². The van der Waals surface area contributed by atoms with Crippen molar-refractivity contribution in [2.75, 3.05) is 23.4 Å². The quantitative estimate of drug-likeness (QED) is 0.887. The van der Waals surface area contributed by atoms with Crippen molar-refractivity contribution in [3.8, 4) is 5.88 Å². The van der Waals surface area contributed by atoms with Crippen LogP contribution in [0.3, 0.4) is 0 Å². The molecule has 0 saturated heterocycles. The van der Waals surface area contributed by atoms with Crippen LogP contribution in [0.2, 0.25) is 0 Å². The van der Waals surface area contributed by atoms with E-state index in [1.807, 2.05) is 6.92 Å². The van der Waals surface area contributed by atoms with Crippen molar-refractivity contribution < 1.29 is 19.0 Å². The molecule has 1 atom stereocenters. The van der Waals surface area contributed by atoms with Gasteiger partial charge < -0.3 is 15.2 Å². The third kappa shape index (κ3) is 3.50. The van der Waals surface area contributed by atoms with E-state index in [2.05, 4.69) is 10.3 Å². The highest BCUT2D eigenvalue weighted by atomic mass is 19.1. The van der Waals surface area contributed by atoms with Gasteiger partial charge in [-0.3, -0.25) is 4.90 Å². The largest absolute Gasteiger partial charge is 0.474 e. The summed E-state index contributed by atoms with van der Waals surface area (Å²) < 4.78 is 18.7. The molecule has 1 aromatic carbocycles. The maximum absolute atomic E-state index is 13.1. The molecule has 0 spiro atoms. The summed E-state index contributed by atoms with van der Waals surface area (Å²) in [6.45, 7) is 4.67. The van der Waals surface area contributed by atoms with Crippen LogP contribution in [0.15, 0.2) is 30.3 Å². The monoisotopic (exact) mass is 345 g/mol. The molecule has 6 nitrogen and oxygen atoms in total. The molecular formula is C18H20FN3O3. The van der Waals surface area contributed by atoms with Crippen LogP contribution in [0, 0.1) is 5.82 Å². The Hall–Kier alpha value is -2.83. The molecule has 1 amide bonds. The van der Waals surface area contributed by atoms with Gasteiger partial charge in [-0.25, -0.2) is 9.18 Å². The van der Waals surface area contributed by atoms with Crippen LogP contribution in [0.4, 0.5) is 20.7 Å². The highest BCUT2D eigenvalue weighted by molar-refractivity contribution is 5.89. The number of nitrogens with zero attached hydrogens (tertiary/aromatic N) is 2. The molecule has 1 aromatic heterocycles. The van der Waals surface area contributed by atoms with Gasteiger partial charge in [0.25, 0.3) is 0 Å². The number of carbonyl (C=O) groups is 1. The van der Waals surface area contributed by atoms with E-state index in [9.17, 15) is 14.3 Å². The molecule has 0 fully saturated rings. The Balaban J connectivity index is 2.03. The van der Waals surface area contributed by atoms with Crippen LogP contribution in [-0.2, 0) is 6.42 Å². The molecule has 2 aromatic rings. The second kappa shape index (κ2) is 6.96. The molecule has 2 N–H and O–H groups in total. The first-order valence-electron chi connectivity index (χ1n) is 8.16. The second-order valence-corrected chi connectivity index (χ2v) is 5.97. The molecule has 2 heterocycles. The summed E-state index contributed by atoms with van der Waals surface area (Å²) in [7, 11) is 0. The van der Waals surface area contributed by atoms with E-state index in [1.54, 1.807) is 25.1 Å². The Kier molecular flexibility index (Phi) is 4.74. The predicted octanol–water partition coefficient (Wildman–Crippen LogP) is 3.51. The number of pyridine rings is 1. The molecule has 0 radical (unpaired) electrons. The van der Waals surface area contributed by atoms with Gasteiger partial charge in [-0.05, 0) is 37.6 Å². The number of aromatic nitrogens is 1. The Bertz CT molecular complexity index is 780. The van der Waals surface area contributed by atoms with Crippen molar-refractivity contribution >= 4 is 17.6 Å². The lowest BCUT2D eigenvalue weighted by atomic mass is 10.0. The molecule has 0 saturated carbocycles. The van der Waals surface area contributed by atoms with Gasteiger partial charge in [0.2, 0.25) is 5.88 Å². The fourth-order valence-corrected chi connectivity index (χ4v) is 2.89. The zero-order valence-electron chi connectivity index (χ0n) is 14.1. The zero-order chi connectivity index (χ0) is 18.0. The summed E-state index contributed by atoms with van der Waals surface area (Å²) in [5.41, 5.74) is 2.18. The number of carboxylic acid groups (broad SMARTS) is 1. The average molecular weight is 345 g/mol. The lowest BCUT2D eigenvalue weighted by Crippen LogP contribution is -2.44. The molecule has 1 aliphatic rings. The number of nitrogens with one attached hydrogen (secondary N) is 1. The number of fused-ring (bicyclic) bond motifs is 1. The molecule has 0 bridgehead atoms. The third-order valence-electron chi connectivity index (χ3n) is 4.07. The van der Waals surface area contributed by atoms with Gasteiger partial charge in [0.05, 0.1) is 6.04 Å².